The van der Waals surface area contributed by atoms with E-state index in [1.54, 1.807) is 6.07 Å². The lowest BCUT2D eigenvalue weighted by atomic mass is 9.80. The summed E-state index contributed by atoms with van der Waals surface area (Å²) in [7, 11) is 0. The van der Waals surface area contributed by atoms with Crippen molar-refractivity contribution in [2.24, 2.45) is 5.41 Å². The Balaban J connectivity index is 2.17. The molecule has 1 atom stereocenters. The van der Waals surface area contributed by atoms with Crippen LogP contribution in [0.25, 0.3) is 0 Å². The van der Waals surface area contributed by atoms with Gasteiger partial charge < -0.3 is 10.0 Å². The third kappa shape index (κ3) is 2.42. The van der Waals surface area contributed by atoms with Gasteiger partial charge in [-0.2, -0.15) is 5.26 Å². The van der Waals surface area contributed by atoms with Crippen LogP contribution in [0.15, 0.2) is 24.3 Å². The Kier molecular flexibility index (Phi) is 3.08. The van der Waals surface area contributed by atoms with Gasteiger partial charge in [-0.05, 0) is 30.0 Å². The van der Waals surface area contributed by atoms with Gasteiger partial charge in [-0.15, -0.1) is 0 Å². The molecule has 1 saturated heterocycles. The van der Waals surface area contributed by atoms with Crippen molar-refractivity contribution in [1.82, 2.24) is 0 Å². The van der Waals surface area contributed by atoms with Crippen LogP contribution < -0.4 is 4.90 Å². The molecule has 2 rings (SSSR count). The molecule has 17 heavy (non-hydrogen) atoms. The Labute approximate surface area is 102 Å². The lowest BCUT2D eigenvalue weighted by Crippen LogP contribution is -2.48. The lowest BCUT2D eigenvalue weighted by Gasteiger charge is -2.42. The number of hydrogen-bond acceptors (Lipinski definition) is 3. The van der Waals surface area contributed by atoms with E-state index in [9.17, 15) is 5.11 Å². The van der Waals surface area contributed by atoms with E-state index in [1.165, 1.54) is 0 Å². The standard InChI is InChI=1S/C14H18N2O/c1-14(2)6-7-16(10-13(14)17)12-5-3-4-11(8-12)9-15/h3-5,8,13,17H,6-7,10H2,1-2H3. The fourth-order valence-electron chi connectivity index (χ4n) is 2.14. The second-order valence-corrected chi connectivity index (χ2v) is 5.36. The van der Waals surface area contributed by atoms with Crippen molar-refractivity contribution in [3.8, 4) is 6.07 Å². The van der Waals surface area contributed by atoms with Crippen molar-refractivity contribution in [1.29, 1.82) is 5.26 Å². The van der Waals surface area contributed by atoms with Gasteiger partial charge in [0.05, 0.1) is 17.7 Å². The van der Waals surface area contributed by atoms with Gasteiger partial charge in [0, 0.05) is 18.8 Å². The van der Waals surface area contributed by atoms with E-state index in [2.05, 4.69) is 24.8 Å². The van der Waals surface area contributed by atoms with Crippen LogP contribution in [0.3, 0.4) is 0 Å². The molecule has 0 amide bonds. The Morgan fingerprint density at radius 1 is 1.47 bits per heavy atom. The molecule has 90 valence electrons. The molecule has 0 bridgehead atoms. The van der Waals surface area contributed by atoms with Crippen LogP contribution >= 0.6 is 0 Å². The first-order valence-corrected chi connectivity index (χ1v) is 5.96. The second-order valence-electron chi connectivity index (χ2n) is 5.36. The average molecular weight is 230 g/mol. The quantitative estimate of drug-likeness (QED) is 0.804. The molecule has 3 heteroatoms. The normalized spacial score (nSPS) is 23.2. The van der Waals surface area contributed by atoms with E-state index in [0.717, 1.165) is 18.7 Å². The summed E-state index contributed by atoms with van der Waals surface area (Å²) in [6, 6.07) is 9.71. The van der Waals surface area contributed by atoms with Gasteiger partial charge in [-0.1, -0.05) is 19.9 Å². The molecule has 0 radical (unpaired) electrons. The zero-order chi connectivity index (χ0) is 12.5. The highest BCUT2D eigenvalue weighted by Crippen LogP contribution is 2.32. The maximum Gasteiger partial charge on any atom is 0.0992 e. The maximum absolute atomic E-state index is 10.1. The number of anilines is 1. The smallest absolute Gasteiger partial charge is 0.0992 e. The molecule has 1 N–H and O–H groups in total. The van der Waals surface area contributed by atoms with Crippen molar-refractivity contribution >= 4 is 5.69 Å². The van der Waals surface area contributed by atoms with Crippen LogP contribution in [-0.4, -0.2) is 24.3 Å². The summed E-state index contributed by atoms with van der Waals surface area (Å²) in [5.74, 6) is 0. The number of hydrogen-bond donors (Lipinski definition) is 1. The average Bonchev–Trinajstić information content (AvgIpc) is 2.33. The second kappa shape index (κ2) is 4.38. The number of nitrogens with zero attached hydrogens (tertiary/aromatic N) is 2. The minimum absolute atomic E-state index is 0.0106. The summed E-state index contributed by atoms with van der Waals surface area (Å²) < 4.78 is 0. The lowest BCUT2D eigenvalue weighted by molar-refractivity contribution is 0.0351. The largest absolute Gasteiger partial charge is 0.391 e. The first-order chi connectivity index (χ1) is 8.03. The van der Waals surface area contributed by atoms with Crippen molar-refractivity contribution in [2.75, 3.05) is 18.0 Å². The summed E-state index contributed by atoms with van der Waals surface area (Å²) in [4.78, 5) is 2.15. The highest BCUT2D eigenvalue weighted by Gasteiger charge is 2.34. The number of piperidine rings is 1. The van der Waals surface area contributed by atoms with Crippen molar-refractivity contribution in [3.63, 3.8) is 0 Å². The number of nitriles is 1. The molecule has 3 nitrogen and oxygen atoms in total. The monoisotopic (exact) mass is 230 g/mol. The van der Waals surface area contributed by atoms with E-state index in [-0.39, 0.29) is 11.5 Å². The van der Waals surface area contributed by atoms with E-state index < -0.39 is 0 Å². The minimum atomic E-state index is -0.318. The highest BCUT2D eigenvalue weighted by atomic mass is 16.3. The van der Waals surface area contributed by atoms with Gasteiger partial charge in [-0.25, -0.2) is 0 Å². The predicted octanol–water partition coefficient (Wildman–Crippen LogP) is 2.16. The fourth-order valence-corrected chi connectivity index (χ4v) is 2.14. The number of rotatable bonds is 1. The van der Waals surface area contributed by atoms with Gasteiger partial charge in [-0.3, -0.25) is 0 Å². The number of aliphatic hydroxyl groups is 1. The maximum atomic E-state index is 10.1. The molecule has 1 unspecified atom stereocenters. The third-order valence-electron chi connectivity index (χ3n) is 3.66. The Morgan fingerprint density at radius 3 is 2.88 bits per heavy atom. The first kappa shape index (κ1) is 11.9. The predicted molar refractivity (Wildman–Crippen MR) is 67.8 cm³/mol. The van der Waals surface area contributed by atoms with Gasteiger partial charge in [0.15, 0.2) is 0 Å². The zero-order valence-corrected chi connectivity index (χ0v) is 10.3. The minimum Gasteiger partial charge on any atom is -0.391 e. The van der Waals surface area contributed by atoms with Crippen LogP contribution in [0.1, 0.15) is 25.8 Å². The van der Waals surface area contributed by atoms with Crippen LogP contribution in [0.2, 0.25) is 0 Å². The van der Waals surface area contributed by atoms with Gasteiger partial charge in [0.2, 0.25) is 0 Å². The molecular weight excluding hydrogens is 212 g/mol. The summed E-state index contributed by atoms with van der Waals surface area (Å²) >= 11 is 0. The third-order valence-corrected chi connectivity index (χ3v) is 3.66. The van der Waals surface area contributed by atoms with Crippen LogP contribution in [0.5, 0.6) is 0 Å². The van der Waals surface area contributed by atoms with Crippen molar-refractivity contribution in [3.05, 3.63) is 29.8 Å². The van der Waals surface area contributed by atoms with Crippen LogP contribution in [0.4, 0.5) is 5.69 Å². The molecule has 1 aromatic rings. The van der Waals surface area contributed by atoms with Gasteiger partial charge >= 0.3 is 0 Å². The van der Waals surface area contributed by atoms with Gasteiger partial charge in [0.25, 0.3) is 0 Å². The van der Waals surface area contributed by atoms with E-state index >= 15 is 0 Å². The fraction of sp³-hybridized carbons (Fsp3) is 0.500. The summed E-state index contributed by atoms with van der Waals surface area (Å²) in [6.07, 6.45) is 0.646. The molecule has 1 heterocycles. The van der Waals surface area contributed by atoms with E-state index in [4.69, 9.17) is 5.26 Å². The molecule has 0 saturated carbocycles. The highest BCUT2D eigenvalue weighted by molar-refractivity contribution is 5.52. The Bertz CT molecular complexity index is 448. The molecule has 1 aliphatic heterocycles. The van der Waals surface area contributed by atoms with Crippen molar-refractivity contribution in [2.45, 2.75) is 26.4 Å². The topological polar surface area (TPSA) is 47.3 Å². The van der Waals surface area contributed by atoms with Crippen LogP contribution in [0, 0.1) is 16.7 Å². The molecule has 1 fully saturated rings. The Morgan fingerprint density at radius 2 is 2.24 bits per heavy atom. The van der Waals surface area contributed by atoms with E-state index in [1.807, 2.05) is 18.2 Å². The molecule has 1 aromatic carbocycles. The SMILES string of the molecule is CC1(C)CCN(c2cccc(C#N)c2)CC1O. The first-order valence-electron chi connectivity index (χ1n) is 5.96. The van der Waals surface area contributed by atoms with Gasteiger partial charge in [0.1, 0.15) is 0 Å². The van der Waals surface area contributed by atoms with Crippen LogP contribution in [-0.2, 0) is 0 Å². The molecular formula is C14H18N2O. The summed E-state index contributed by atoms with van der Waals surface area (Å²) in [5, 5.41) is 19.0. The number of β-amino-alcohol motifs (C(OH)–C–C–N with tert-alkyl or cyclic N) is 1. The number of aliphatic hydroxyl groups excluding tert-OH is 1. The number of benzene rings is 1. The molecule has 0 aliphatic carbocycles. The Hall–Kier alpha value is -1.53. The zero-order valence-electron chi connectivity index (χ0n) is 10.3. The summed E-state index contributed by atoms with van der Waals surface area (Å²) in [6.45, 7) is 5.77. The molecule has 1 aliphatic rings. The molecule has 0 aromatic heterocycles. The molecule has 0 spiro atoms. The summed E-state index contributed by atoms with van der Waals surface area (Å²) in [5.41, 5.74) is 1.68. The van der Waals surface area contributed by atoms with E-state index in [0.29, 0.717) is 12.1 Å². The van der Waals surface area contributed by atoms with Crippen molar-refractivity contribution < 1.29 is 5.11 Å².